The molecule has 2 N–H and O–H groups in total. The molecule has 4 heteroatoms. The summed E-state index contributed by atoms with van der Waals surface area (Å²) in [7, 11) is 0. The highest BCUT2D eigenvalue weighted by Gasteiger charge is 2.12. The predicted molar refractivity (Wildman–Crippen MR) is 76.6 cm³/mol. The first kappa shape index (κ1) is 12.2. The molecular formula is C16H12N2O2. The standard InChI is InChI=1S/C16H12N2O2/c17-15(19)13-7-6-11-8-9-18(14(11)10-13)16(20)12-4-2-1-3-5-12/h1-10H,(H2,17,19). The summed E-state index contributed by atoms with van der Waals surface area (Å²) in [6.07, 6.45) is 1.70. The lowest BCUT2D eigenvalue weighted by atomic mass is 10.1. The number of nitrogens with zero attached hydrogens (tertiary/aromatic N) is 1. The highest BCUT2D eigenvalue weighted by Crippen LogP contribution is 2.19. The number of primary amides is 1. The maximum Gasteiger partial charge on any atom is 0.262 e. The first-order chi connectivity index (χ1) is 9.66. The number of carbonyl (C=O) groups excluding carboxylic acids is 2. The Kier molecular flexibility index (Phi) is 2.84. The fraction of sp³-hybridized carbons (Fsp3) is 0. The molecule has 0 saturated carbocycles. The van der Waals surface area contributed by atoms with Crippen LogP contribution in [0.3, 0.4) is 0 Å². The zero-order valence-corrected chi connectivity index (χ0v) is 10.6. The van der Waals surface area contributed by atoms with Crippen LogP contribution in [-0.4, -0.2) is 16.4 Å². The van der Waals surface area contributed by atoms with E-state index in [4.69, 9.17) is 5.73 Å². The molecule has 2 aromatic carbocycles. The number of fused-ring (bicyclic) bond motifs is 1. The number of rotatable bonds is 2. The average molecular weight is 264 g/mol. The van der Waals surface area contributed by atoms with Crippen molar-refractivity contribution in [2.24, 2.45) is 5.73 Å². The predicted octanol–water partition coefficient (Wildman–Crippen LogP) is 2.43. The number of nitrogens with two attached hydrogens (primary N) is 1. The van der Waals surface area contributed by atoms with Crippen molar-refractivity contribution in [2.75, 3.05) is 0 Å². The van der Waals surface area contributed by atoms with E-state index >= 15 is 0 Å². The van der Waals surface area contributed by atoms with Crippen LogP contribution in [0.25, 0.3) is 10.9 Å². The van der Waals surface area contributed by atoms with Crippen LogP contribution in [0.15, 0.2) is 60.8 Å². The molecule has 0 aliphatic carbocycles. The molecular weight excluding hydrogens is 252 g/mol. The average Bonchev–Trinajstić information content (AvgIpc) is 2.90. The summed E-state index contributed by atoms with van der Waals surface area (Å²) in [6.45, 7) is 0. The van der Waals surface area contributed by atoms with Gasteiger partial charge in [0.05, 0.1) is 5.52 Å². The third kappa shape index (κ3) is 1.97. The largest absolute Gasteiger partial charge is 0.366 e. The Bertz CT molecular complexity index is 804. The second kappa shape index (κ2) is 4.66. The van der Waals surface area contributed by atoms with Crippen molar-refractivity contribution in [1.82, 2.24) is 4.57 Å². The topological polar surface area (TPSA) is 65.1 Å². The molecule has 0 saturated heterocycles. The Morgan fingerprint density at radius 1 is 0.900 bits per heavy atom. The number of hydrogen-bond acceptors (Lipinski definition) is 2. The molecule has 4 nitrogen and oxygen atoms in total. The van der Waals surface area contributed by atoms with Gasteiger partial charge in [-0.05, 0) is 30.3 Å². The summed E-state index contributed by atoms with van der Waals surface area (Å²) in [5, 5.41) is 0.888. The highest BCUT2D eigenvalue weighted by molar-refractivity contribution is 6.04. The molecule has 1 heterocycles. The van der Waals surface area contributed by atoms with Crippen LogP contribution in [-0.2, 0) is 0 Å². The van der Waals surface area contributed by atoms with E-state index in [0.717, 1.165) is 5.39 Å². The minimum absolute atomic E-state index is 0.137. The maximum absolute atomic E-state index is 12.4. The zero-order valence-electron chi connectivity index (χ0n) is 10.6. The lowest BCUT2D eigenvalue weighted by molar-refractivity contribution is 0.0962. The third-order valence-electron chi connectivity index (χ3n) is 3.22. The van der Waals surface area contributed by atoms with Crippen LogP contribution in [0.4, 0.5) is 0 Å². The molecule has 0 unspecified atom stereocenters. The van der Waals surface area contributed by atoms with E-state index in [9.17, 15) is 9.59 Å². The molecule has 0 aliphatic heterocycles. The van der Waals surface area contributed by atoms with Gasteiger partial charge in [0.1, 0.15) is 0 Å². The summed E-state index contributed by atoms with van der Waals surface area (Å²) in [4.78, 5) is 23.7. The van der Waals surface area contributed by atoms with E-state index < -0.39 is 5.91 Å². The summed E-state index contributed by atoms with van der Waals surface area (Å²) < 4.78 is 1.52. The Hall–Kier alpha value is -2.88. The molecule has 0 bridgehead atoms. The van der Waals surface area contributed by atoms with Crippen molar-refractivity contribution >= 4 is 22.7 Å². The first-order valence-corrected chi connectivity index (χ1v) is 6.17. The normalized spacial score (nSPS) is 10.6. The van der Waals surface area contributed by atoms with Crippen molar-refractivity contribution in [2.45, 2.75) is 0 Å². The molecule has 0 aliphatic rings. The lowest BCUT2D eigenvalue weighted by Crippen LogP contribution is -2.13. The van der Waals surface area contributed by atoms with Crippen molar-refractivity contribution in [3.05, 3.63) is 71.9 Å². The summed E-state index contributed by atoms with van der Waals surface area (Å²) in [5.41, 5.74) is 6.93. The second-order valence-corrected chi connectivity index (χ2v) is 4.49. The van der Waals surface area contributed by atoms with Crippen LogP contribution in [0.1, 0.15) is 20.7 Å². The monoisotopic (exact) mass is 264 g/mol. The Balaban J connectivity index is 2.14. The van der Waals surface area contributed by atoms with Crippen LogP contribution >= 0.6 is 0 Å². The minimum Gasteiger partial charge on any atom is -0.366 e. The molecule has 1 aromatic heterocycles. The number of benzene rings is 2. The Morgan fingerprint density at radius 3 is 2.35 bits per heavy atom. The van der Waals surface area contributed by atoms with E-state index in [1.54, 1.807) is 36.5 Å². The molecule has 0 radical (unpaired) electrons. The fourth-order valence-electron chi connectivity index (χ4n) is 2.18. The minimum atomic E-state index is -0.508. The van der Waals surface area contributed by atoms with Crippen LogP contribution in [0, 0.1) is 0 Å². The number of carbonyl (C=O) groups is 2. The van der Waals surface area contributed by atoms with Gasteiger partial charge in [-0.3, -0.25) is 14.2 Å². The molecule has 0 atom stereocenters. The zero-order chi connectivity index (χ0) is 14.1. The van der Waals surface area contributed by atoms with E-state index in [1.165, 1.54) is 4.57 Å². The molecule has 3 aromatic rings. The fourth-order valence-corrected chi connectivity index (χ4v) is 2.18. The summed E-state index contributed by atoms with van der Waals surface area (Å²) in [5.74, 6) is -0.644. The molecule has 0 spiro atoms. The van der Waals surface area contributed by atoms with Crippen LogP contribution in [0.5, 0.6) is 0 Å². The first-order valence-electron chi connectivity index (χ1n) is 6.17. The highest BCUT2D eigenvalue weighted by atomic mass is 16.2. The van der Waals surface area contributed by atoms with Gasteiger partial charge < -0.3 is 5.73 Å². The van der Waals surface area contributed by atoms with Gasteiger partial charge in [-0.15, -0.1) is 0 Å². The van der Waals surface area contributed by atoms with Crippen molar-refractivity contribution in [3.63, 3.8) is 0 Å². The smallest absolute Gasteiger partial charge is 0.262 e. The SMILES string of the molecule is NC(=O)c1ccc2ccn(C(=O)c3ccccc3)c2c1. The van der Waals surface area contributed by atoms with Crippen LogP contribution < -0.4 is 5.73 Å². The van der Waals surface area contributed by atoms with Crippen molar-refractivity contribution in [3.8, 4) is 0 Å². The van der Waals surface area contributed by atoms with Gasteiger partial charge in [0.25, 0.3) is 5.91 Å². The van der Waals surface area contributed by atoms with Crippen LogP contribution in [0.2, 0.25) is 0 Å². The van der Waals surface area contributed by atoms with E-state index in [-0.39, 0.29) is 5.91 Å². The Morgan fingerprint density at radius 2 is 1.65 bits per heavy atom. The quantitative estimate of drug-likeness (QED) is 0.772. The van der Waals surface area contributed by atoms with E-state index in [0.29, 0.717) is 16.6 Å². The van der Waals surface area contributed by atoms with Gasteiger partial charge in [0, 0.05) is 22.7 Å². The summed E-state index contributed by atoms with van der Waals surface area (Å²) in [6, 6.07) is 15.9. The third-order valence-corrected chi connectivity index (χ3v) is 3.22. The van der Waals surface area contributed by atoms with E-state index in [2.05, 4.69) is 0 Å². The molecule has 98 valence electrons. The van der Waals surface area contributed by atoms with Gasteiger partial charge in [-0.25, -0.2) is 0 Å². The maximum atomic E-state index is 12.4. The summed E-state index contributed by atoms with van der Waals surface area (Å²) >= 11 is 0. The van der Waals surface area contributed by atoms with Crippen molar-refractivity contribution < 1.29 is 9.59 Å². The molecule has 20 heavy (non-hydrogen) atoms. The van der Waals surface area contributed by atoms with Gasteiger partial charge in [0.2, 0.25) is 5.91 Å². The molecule has 0 fully saturated rings. The van der Waals surface area contributed by atoms with E-state index in [1.807, 2.05) is 24.3 Å². The second-order valence-electron chi connectivity index (χ2n) is 4.49. The van der Waals surface area contributed by atoms with Gasteiger partial charge >= 0.3 is 0 Å². The van der Waals surface area contributed by atoms with Crippen molar-refractivity contribution in [1.29, 1.82) is 0 Å². The Labute approximate surface area is 115 Å². The number of aromatic nitrogens is 1. The van der Waals surface area contributed by atoms with Gasteiger partial charge in [0.15, 0.2) is 0 Å². The molecule has 3 rings (SSSR count). The lowest BCUT2D eigenvalue weighted by Gasteiger charge is -2.05. The number of amides is 1. The van der Waals surface area contributed by atoms with Gasteiger partial charge in [-0.2, -0.15) is 0 Å². The molecule has 1 amide bonds. The number of hydrogen-bond donors (Lipinski definition) is 1. The van der Waals surface area contributed by atoms with Gasteiger partial charge in [-0.1, -0.05) is 24.3 Å².